The fraction of sp³-hybridized carbons (Fsp3) is 0.0938. The van der Waals surface area contributed by atoms with Crippen LogP contribution in [-0.4, -0.2) is 29.9 Å². The molecule has 0 spiro atoms. The van der Waals surface area contributed by atoms with Crippen LogP contribution in [0.1, 0.15) is 33.4 Å². The van der Waals surface area contributed by atoms with Crippen molar-refractivity contribution < 1.29 is 0 Å². The molecule has 0 saturated carbocycles. The van der Waals surface area contributed by atoms with E-state index < -0.39 is 0 Å². The molecule has 11 aromatic rings. The number of aryl methyl sites for hydroxylation is 6. The highest BCUT2D eigenvalue weighted by atomic mass is 15.4. The molecule has 0 saturated heterocycles. The first-order valence-corrected chi connectivity index (χ1v) is 24.3. The quantitative estimate of drug-likeness (QED) is 0.127. The van der Waals surface area contributed by atoms with Crippen molar-refractivity contribution in [3.8, 4) is 56.7 Å². The molecule has 8 heteroatoms. The van der Waals surface area contributed by atoms with Crippen LogP contribution in [-0.2, 0) is 0 Å². The van der Waals surface area contributed by atoms with E-state index in [-0.39, 0.29) is 0 Å². The van der Waals surface area contributed by atoms with Gasteiger partial charge in [0.25, 0.3) is 0 Å². The summed E-state index contributed by atoms with van der Waals surface area (Å²) < 4.78 is 0. The predicted octanol–water partition coefficient (Wildman–Crippen LogP) is 16.3. The second-order valence-corrected chi connectivity index (χ2v) is 18.5. The van der Waals surface area contributed by atoms with Crippen LogP contribution in [0, 0.1) is 41.5 Å². The van der Waals surface area contributed by atoms with Gasteiger partial charge in [-0.05, 0) is 122 Å². The average molecular weight is 933 g/mol. The zero-order valence-corrected chi connectivity index (χ0v) is 41.2. The van der Waals surface area contributed by atoms with Crippen LogP contribution in [0.4, 0.5) is 34.6 Å². The molecule has 9 aromatic carbocycles. The maximum absolute atomic E-state index is 5.37. The van der Waals surface area contributed by atoms with Crippen molar-refractivity contribution >= 4 is 45.4 Å². The van der Waals surface area contributed by atoms with Crippen molar-refractivity contribution in [3.05, 3.63) is 240 Å². The molecule has 0 unspecified atom stereocenters. The second-order valence-electron chi connectivity index (χ2n) is 18.5. The average Bonchev–Trinajstić information content (AvgIpc) is 3.41. The van der Waals surface area contributed by atoms with Crippen molar-refractivity contribution in [2.75, 3.05) is 9.80 Å². The van der Waals surface area contributed by atoms with Gasteiger partial charge in [-0.25, -0.2) is 14.9 Å². The standard InChI is InChI=1S/C64H52N8/c1-41-35-43(3)57(44(4)36-41)71(58-45(5)37-42(2)38-46(58)6)55-31-33-56(34-32-55)72(64-68-60(50-24-14-9-15-25-50)66-62(70-64)54-30-29-48-21-16-17-26-51(48)40-54)63-67-59(49-22-12-8-13-23-49)65-61(69-63)53-28-18-27-52(39-53)47-19-10-7-11-20-47/h7-40H,1-6H3. The zero-order chi connectivity index (χ0) is 49.3. The van der Waals surface area contributed by atoms with Gasteiger partial charge >= 0.3 is 0 Å². The van der Waals surface area contributed by atoms with Gasteiger partial charge in [0, 0.05) is 27.9 Å². The molecule has 0 fully saturated rings. The largest absolute Gasteiger partial charge is 0.309 e. The van der Waals surface area contributed by atoms with Gasteiger partial charge in [-0.1, -0.05) is 181 Å². The van der Waals surface area contributed by atoms with Crippen LogP contribution in [0.5, 0.6) is 0 Å². The summed E-state index contributed by atoms with van der Waals surface area (Å²) in [5.41, 5.74) is 16.8. The summed E-state index contributed by atoms with van der Waals surface area (Å²) in [6, 6.07) is 71.1. The molecule has 2 heterocycles. The number of benzene rings is 9. The minimum Gasteiger partial charge on any atom is -0.309 e. The zero-order valence-electron chi connectivity index (χ0n) is 41.2. The van der Waals surface area contributed by atoms with Gasteiger partial charge in [0.05, 0.1) is 17.1 Å². The summed E-state index contributed by atoms with van der Waals surface area (Å²) in [5.74, 6) is 2.74. The second kappa shape index (κ2) is 19.3. The Labute approximate surface area is 421 Å². The number of fused-ring (bicyclic) bond motifs is 1. The molecular weight excluding hydrogens is 881 g/mol. The van der Waals surface area contributed by atoms with E-state index in [1.54, 1.807) is 0 Å². The van der Waals surface area contributed by atoms with Crippen molar-refractivity contribution in [1.29, 1.82) is 0 Å². The van der Waals surface area contributed by atoms with Crippen molar-refractivity contribution in [1.82, 2.24) is 29.9 Å². The van der Waals surface area contributed by atoms with Crippen molar-refractivity contribution in [3.63, 3.8) is 0 Å². The van der Waals surface area contributed by atoms with Gasteiger partial charge in [-0.15, -0.1) is 0 Å². The van der Waals surface area contributed by atoms with Crippen LogP contribution >= 0.6 is 0 Å². The molecule has 2 aromatic heterocycles. The monoisotopic (exact) mass is 932 g/mol. The molecule has 0 aliphatic rings. The van der Waals surface area contributed by atoms with E-state index in [9.17, 15) is 0 Å². The lowest BCUT2D eigenvalue weighted by Gasteiger charge is -2.32. The third-order valence-electron chi connectivity index (χ3n) is 13.0. The first-order valence-electron chi connectivity index (χ1n) is 24.3. The topological polar surface area (TPSA) is 83.8 Å². The Balaban J connectivity index is 1.16. The number of rotatable bonds is 11. The molecule has 0 aliphatic heterocycles. The van der Waals surface area contributed by atoms with E-state index in [0.717, 1.165) is 66.9 Å². The van der Waals surface area contributed by atoms with Crippen molar-refractivity contribution in [2.24, 2.45) is 0 Å². The summed E-state index contributed by atoms with van der Waals surface area (Å²) in [4.78, 5) is 36.0. The van der Waals surface area contributed by atoms with E-state index in [4.69, 9.17) is 29.9 Å². The Bertz CT molecular complexity index is 3660. The summed E-state index contributed by atoms with van der Waals surface area (Å²) in [6.07, 6.45) is 0. The van der Waals surface area contributed by atoms with E-state index in [0.29, 0.717) is 35.2 Å². The Morgan fingerprint density at radius 2 is 0.639 bits per heavy atom. The third kappa shape index (κ3) is 9.09. The number of nitrogens with zero attached hydrogens (tertiary/aromatic N) is 8. The van der Waals surface area contributed by atoms with Crippen LogP contribution < -0.4 is 9.80 Å². The molecule has 0 N–H and O–H groups in total. The highest BCUT2D eigenvalue weighted by molar-refractivity contribution is 5.88. The van der Waals surface area contributed by atoms with Gasteiger partial charge in [-0.3, -0.25) is 0 Å². The molecule has 0 amide bonds. The van der Waals surface area contributed by atoms with E-state index >= 15 is 0 Å². The molecule has 8 nitrogen and oxygen atoms in total. The summed E-state index contributed by atoms with van der Waals surface area (Å²) in [6.45, 7) is 13.1. The van der Waals surface area contributed by atoms with Gasteiger partial charge in [0.1, 0.15) is 0 Å². The SMILES string of the molecule is Cc1cc(C)c(N(c2ccc(N(c3nc(-c4ccccc4)nc(-c4cccc(-c5ccccc5)c4)n3)c3nc(-c4ccccc4)nc(-c4ccc5ccccc5c4)n3)cc2)c2c(C)cc(C)cc2C)c(C)c1. The smallest absolute Gasteiger partial charge is 0.241 e. The number of hydrogen-bond acceptors (Lipinski definition) is 8. The van der Waals surface area contributed by atoms with E-state index in [2.05, 4.69) is 174 Å². The fourth-order valence-corrected chi connectivity index (χ4v) is 9.91. The van der Waals surface area contributed by atoms with Crippen LogP contribution in [0.3, 0.4) is 0 Å². The predicted molar refractivity (Wildman–Crippen MR) is 296 cm³/mol. The van der Waals surface area contributed by atoms with Gasteiger partial charge in [0.15, 0.2) is 23.3 Å². The lowest BCUT2D eigenvalue weighted by Crippen LogP contribution is -2.19. The highest BCUT2D eigenvalue weighted by Crippen LogP contribution is 2.44. The number of hydrogen-bond donors (Lipinski definition) is 0. The van der Waals surface area contributed by atoms with Crippen molar-refractivity contribution in [2.45, 2.75) is 41.5 Å². The fourth-order valence-electron chi connectivity index (χ4n) is 9.91. The molecule has 348 valence electrons. The van der Waals surface area contributed by atoms with E-state index in [1.165, 1.54) is 33.4 Å². The minimum absolute atomic E-state index is 0.346. The Morgan fingerprint density at radius 3 is 1.12 bits per heavy atom. The minimum atomic E-state index is 0.346. The molecule has 0 aliphatic carbocycles. The third-order valence-corrected chi connectivity index (χ3v) is 13.0. The van der Waals surface area contributed by atoms with Gasteiger partial charge < -0.3 is 4.90 Å². The first kappa shape index (κ1) is 45.3. The first-order chi connectivity index (χ1) is 35.1. The summed E-state index contributed by atoms with van der Waals surface area (Å²) in [7, 11) is 0. The Morgan fingerprint density at radius 1 is 0.264 bits per heavy atom. The Hall–Kier alpha value is -9.14. The molecule has 72 heavy (non-hydrogen) atoms. The number of anilines is 6. The molecular formula is C64H52N8. The van der Waals surface area contributed by atoms with Gasteiger partial charge in [-0.2, -0.15) is 19.9 Å². The van der Waals surface area contributed by atoms with Gasteiger partial charge in [0.2, 0.25) is 11.9 Å². The summed E-state index contributed by atoms with van der Waals surface area (Å²) >= 11 is 0. The molecule has 0 bridgehead atoms. The lowest BCUT2D eigenvalue weighted by atomic mass is 9.99. The number of aromatic nitrogens is 6. The lowest BCUT2D eigenvalue weighted by molar-refractivity contribution is 0.964. The molecule has 0 atom stereocenters. The Kier molecular flexibility index (Phi) is 12.2. The van der Waals surface area contributed by atoms with E-state index in [1.807, 2.05) is 83.8 Å². The molecule has 11 rings (SSSR count). The van der Waals surface area contributed by atoms with Crippen LogP contribution in [0.2, 0.25) is 0 Å². The van der Waals surface area contributed by atoms with Crippen LogP contribution in [0.15, 0.2) is 206 Å². The molecule has 0 radical (unpaired) electrons. The maximum atomic E-state index is 5.37. The normalized spacial score (nSPS) is 11.2. The summed E-state index contributed by atoms with van der Waals surface area (Å²) in [5, 5.41) is 2.21. The highest BCUT2D eigenvalue weighted by Gasteiger charge is 2.26. The van der Waals surface area contributed by atoms with Crippen LogP contribution in [0.25, 0.3) is 67.5 Å². The maximum Gasteiger partial charge on any atom is 0.241 e.